The van der Waals surface area contributed by atoms with Gasteiger partial charge in [0.2, 0.25) is 0 Å². The standard InChI is InChI=1S/C32H37N3O3Si/c1-33(2)22-11-13-26-28(19-22)39(5,6)29-20-23(34(3)4)12-14-27(29)30(26)24-9-7-8-10-25(24)31(36)35-17-15-21(16-18-35)32(37)38/h7-14,19-21H,15-18H2,1-6H3/p+1. The van der Waals surface area contributed by atoms with Gasteiger partial charge in [-0.15, -0.1) is 0 Å². The van der Waals surface area contributed by atoms with Crippen LogP contribution in [0.2, 0.25) is 13.1 Å². The Labute approximate surface area is 232 Å². The van der Waals surface area contributed by atoms with Crippen LogP contribution < -0.4 is 10.1 Å². The molecule has 1 fully saturated rings. The maximum Gasteiger partial charge on any atom is 0.306 e. The molecule has 1 aliphatic carbocycles. The van der Waals surface area contributed by atoms with Crippen LogP contribution in [-0.2, 0) is 4.79 Å². The summed E-state index contributed by atoms with van der Waals surface area (Å²) in [4.78, 5) is 29.4. The van der Waals surface area contributed by atoms with E-state index in [2.05, 4.69) is 93.3 Å². The quantitative estimate of drug-likeness (QED) is 0.467. The molecule has 2 aromatic rings. The molecule has 202 valence electrons. The minimum atomic E-state index is -2.08. The predicted octanol–water partition coefficient (Wildman–Crippen LogP) is 4.17. The Morgan fingerprint density at radius 3 is 2.33 bits per heavy atom. The normalized spacial score (nSPS) is 18.4. The molecule has 0 radical (unpaired) electrons. The molecule has 3 aliphatic rings. The number of rotatable bonds is 4. The van der Waals surface area contributed by atoms with Crippen LogP contribution in [0.4, 0.5) is 5.69 Å². The van der Waals surface area contributed by atoms with E-state index in [1.165, 1.54) is 32.9 Å². The highest BCUT2D eigenvalue weighted by molar-refractivity contribution is 6.98. The Morgan fingerprint density at radius 1 is 1.00 bits per heavy atom. The van der Waals surface area contributed by atoms with Gasteiger partial charge in [-0.3, -0.25) is 9.59 Å². The highest BCUT2D eigenvalue weighted by Crippen LogP contribution is 2.43. The van der Waals surface area contributed by atoms with E-state index in [1.807, 2.05) is 23.1 Å². The molecule has 1 saturated heterocycles. The number of hydrogen-bond acceptors (Lipinski definition) is 3. The molecule has 0 atom stereocenters. The van der Waals surface area contributed by atoms with Crippen LogP contribution in [0.3, 0.4) is 0 Å². The average Bonchev–Trinajstić information content (AvgIpc) is 2.92. The maximum atomic E-state index is 13.9. The van der Waals surface area contributed by atoms with Crippen molar-refractivity contribution >= 4 is 42.1 Å². The lowest BCUT2D eigenvalue weighted by atomic mass is 9.86. The van der Waals surface area contributed by atoms with E-state index in [0.29, 0.717) is 31.5 Å². The molecule has 2 heterocycles. The molecule has 1 N–H and O–H groups in total. The van der Waals surface area contributed by atoms with E-state index >= 15 is 0 Å². The zero-order valence-corrected chi connectivity index (χ0v) is 24.8. The van der Waals surface area contributed by atoms with Crippen molar-refractivity contribution in [1.82, 2.24) is 4.90 Å². The molecular weight excluding hydrogens is 502 g/mol. The minimum Gasteiger partial charge on any atom is -0.481 e. The van der Waals surface area contributed by atoms with E-state index in [9.17, 15) is 14.7 Å². The van der Waals surface area contributed by atoms with Gasteiger partial charge in [-0.1, -0.05) is 37.4 Å². The first-order valence-electron chi connectivity index (χ1n) is 13.6. The van der Waals surface area contributed by atoms with Crippen LogP contribution in [-0.4, -0.2) is 81.5 Å². The van der Waals surface area contributed by atoms with Gasteiger partial charge in [-0.25, -0.2) is 4.58 Å². The van der Waals surface area contributed by atoms with Gasteiger partial charge < -0.3 is 14.9 Å². The third-order valence-corrected chi connectivity index (χ3v) is 12.0. The summed E-state index contributed by atoms with van der Waals surface area (Å²) in [5.41, 5.74) is 7.46. The van der Waals surface area contributed by atoms with Crippen molar-refractivity contribution in [3.8, 4) is 0 Å². The Bertz CT molecular complexity index is 1480. The van der Waals surface area contributed by atoms with Gasteiger partial charge >= 0.3 is 5.97 Å². The Kier molecular flexibility index (Phi) is 6.97. The number of carboxylic acids is 1. The zero-order chi connectivity index (χ0) is 28.1. The van der Waals surface area contributed by atoms with Gasteiger partial charge in [-0.2, -0.15) is 0 Å². The van der Waals surface area contributed by atoms with Crippen molar-refractivity contribution < 1.29 is 19.3 Å². The molecule has 0 spiro atoms. The number of amides is 1. The summed E-state index contributed by atoms with van der Waals surface area (Å²) in [7, 11) is 6.21. The third-order valence-electron chi connectivity index (χ3n) is 8.48. The monoisotopic (exact) mass is 540 g/mol. The molecule has 7 heteroatoms. The summed E-state index contributed by atoms with van der Waals surface area (Å²) < 4.78 is 2.15. The smallest absolute Gasteiger partial charge is 0.306 e. The number of hydrogen-bond donors (Lipinski definition) is 1. The Hall–Kier alpha value is -3.71. The van der Waals surface area contributed by atoms with Gasteiger partial charge in [-0.05, 0) is 69.8 Å². The van der Waals surface area contributed by atoms with Gasteiger partial charge in [0.15, 0.2) is 5.71 Å². The SMILES string of the molecule is CN(C)c1ccc2c(c1)[Si](C)(C)C1=CC(=[N+](C)C)C=CC1=C2c1ccccc1C(=O)N1CCC(C(=O)O)CC1. The van der Waals surface area contributed by atoms with Gasteiger partial charge in [0.25, 0.3) is 5.91 Å². The number of piperidine rings is 1. The first-order chi connectivity index (χ1) is 18.5. The van der Waals surface area contributed by atoms with E-state index < -0.39 is 14.0 Å². The van der Waals surface area contributed by atoms with E-state index in [-0.39, 0.29) is 11.8 Å². The summed E-state index contributed by atoms with van der Waals surface area (Å²) in [6, 6.07) is 14.7. The number of allylic oxidation sites excluding steroid dienone is 5. The topological polar surface area (TPSA) is 63.9 Å². The first kappa shape index (κ1) is 26.9. The summed E-state index contributed by atoms with van der Waals surface area (Å²) in [5, 5.41) is 12.2. The maximum absolute atomic E-state index is 13.9. The molecule has 0 unspecified atom stereocenters. The lowest BCUT2D eigenvalue weighted by Gasteiger charge is -2.38. The predicted molar refractivity (Wildman–Crippen MR) is 161 cm³/mol. The molecule has 2 aromatic carbocycles. The molecule has 0 saturated carbocycles. The summed E-state index contributed by atoms with van der Waals surface area (Å²) in [6.07, 6.45) is 7.73. The Morgan fingerprint density at radius 2 is 1.69 bits per heavy atom. The largest absolute Gasteiger partial charge is 0.481 e. The van der Waals surface area contributed by atoms with Gasteiger partial charge in [0.1, 0.15) is 22.2 Å². The number of carbonyl (C=O) groups is 2. The molecule has 0 aromatic heterocycles. The van der Waals surface area contributed by atoms with Crippen LogP contribution in [0.1, 0.15) is 34.3 Å². The van der Waals surface area contributed by atoms with Crippen LogP contribution in [0.15, 0.2) is 71.5 Å². The van der Waals surface area contributed by atoms with Crippen molar-refractivity contribution in [3.05, 3.63) is 88.2 Å². The number of benzene rings is 2. The van der Waals surface area contributed by atoms with E-state index in [4.69, 9.17) is 0 Å². The third kappa shape index (κ3) is 4.69. The highest BCUT2D eigenvalue weighted by atomic mass is 28.3. The second-order valence-electron chi connectivity index (χ2n) is 11.7. The first-order valence-corrected chi connectivity index (χ1v) is 16.6. The van der Waals surface area contributed by atoms with Crippen molar-refractivity contribution in [3.63, 3.8) is 0 Å². The van der Waals surface area contributed by atoms with Crippen LogP contribution >= 0.6 is 0 Å². The van der Waals surface area contributed by atoms with E-state index in [0.717, 1.165) is 11.1 Å². The molecule has 0 bridgehead atoms. The second-order valence-corrected chi connectivity index (χ2v) is 16.0. The van der Waals surface area contributed by atoms with Crippen LogP contribution in [0.5, 0.6) is 0 Å². The fraction of sp³-hybridized carbons (Fsp3) is 0.344. The minimum absolute atomic E-state index is 0.0260. The summed E-state index contributed by atoms with van der Waals surface area (Å²) >= 11 is 0. The van der Waals surface area contributed by atoms with Crippen molar-refractivity contribution in [2.24, 2.45) is 5.92 Å². The van der Waals surface area contributed by atoms with Crippen molar-refractivity contribution in [2.45, 2.75) is 25.9 Å². The molecule has 2 aliphatic heterocycles. The zero-order valence-electron chi connectivity index (χ0n) is 23.8. The molecule has 39 heavy (non-hydrogen) atoms. The lowest BCUT2D eigenvalue weighted by molar-refractivity contribution is -0.462. The average molecular weight is 541 g/mol. The number of carbonyl (C=O) groups excluding carboxylic acids is 1. The van der Waals surface area contributed by atoms with E-state index in [1.54, 1.807) is 0 Å². The fourth-order valence-corrected chi connectivity index (χ4v) is 9.13. The molecule has 6 nitrogen and oxygen atoms in total. The second kappa shape index (κ2) is 10.1. The lowest BCUT2D eigenvalue weighted by Crippen LogP contribution is -2.50. The highest BCUT2D eigenvalue weighted by Gasteiger charge is 2.41. The van der Waals surface area contributed by atoms with Crippen molar-refractivity contribution in [1.29, 1.82) is 0 Å². The van der Waals surface area contributed by atoms with Gasteiger partial charge in [0.05, 0.1) is 5.92 Å². The number of likely N-dealkylation sites (tertiary alicyclic amines) is 1. The summed E-state index contributed by atoms with van der Waals surface area (Å²) in [5.74, 6) is -1.17. The molecule has 5 rings (SSSR count). The molecule has 1 amide bonds. The summed E-state index contributed by atoms with van der Waals surface area (Å²) in [6.45, 7) is 5.77. The molecular formula is C32H38N3O3Si+. The van der Waals surface area contributed by atoms with Crippen LogP contribution in [0, 0.1) is 5.92 Å². The van der Waals surface area contributed by atoms with Gasteiger partial charge in [0, 0.05) is 50.6 Å². The number of fused-ring (bicyclic) bond motifs is 2. The number of aliphatic carboxylic acids is 1. The number of nitrogens with zero attached hydrogens (tertiary/aromatic N) is 3. The fourth-order valence-electron chi connectivity index (χ4n) is 6.06. The number of anilines is 1. The van der Waals surface area contributed by atoms with Crippen molar-refractivity contribution in [2.75, 3.05) is 46.2 Å². The Balaban J connectivity index is 1.70. The number of carboxylic acid groups (broad SMARTS) is 1. The van der Waals surface area contributed by atoms with Crippen LogP contribution in [0.25, 0.3) is 5.57 Å².